The summed E-state index contributed by atoms with van der Waals surface area (Å²) in [5.74, 6) is 1.77. The molecule has 2 aliphatic heterocycles. The third-order valence-corrected chi connectivity index (χ3v) is 8.41. The Kier molecular flexibility index (Phi) is 6.74. The Hall–Kier alpha value is -3.88. The van der Waals surface area contributed by atoms with Crippen molar-refractivity contribution in [3.63, 3.8) is 0 Å². The Balaban J connectivity index is 1.22. The molecule has 1 saturated carbocycles. The molecular weight excluding hydrogens is 490 g/mol. The van der Waals surface area contributed by atoms with Crippen LogP contribution in [0.3, 0.4) is 0 Å². The monoisotopic (exact) mass is 525 g/mol. The van der Waals surface area contributed by atoms with Crippen LogP contribution in [0.5, 0.6) is 0 Å². The summed E-state index contributed by atoms with van der Waals surface area (Å²) >= 11 is 0. The molecule has 0 radical (unpaired) electrons. The predicted molar refractivity (Wildman–Crippen MR) is 148 cm³/mol. The molecule has 2 aromatic carbocycles. The first-order chi connectivity index (χ1) is 19.0. The molecule has 3 aliphatic rings. The Bertz CT molecular complexity index is 1400. The number of aromatic nitrogens is 4. The molecule has 0 N–H and O–H groups in total. The number of likely N-dealkylation sites (tertiary alicyclic amines) is 1. The molecule has 39 heavy (non-hydrogen) atoms. The topological polar surface area (TPSA) is 96.6 Å². The van der Waals surface area contributed by atoms with Gasteiger partial charge in [-0.15, -0.1) is 15.0 Å². The van der Waals surface area contributed by atoms with E-state index in [4.69, 9.17) is 4.99 Å². The van der Waals surface area contributed by atoms with Gasteiger partial charge in [0.05, 0.1) is 6.54 Å². The van der Waals surface area contributed by atoms with Gasteiger partial charge in [-0.2, -0.15) is 0 Å². The Morgan fingerprint density at radius 1 is 1.00 bits per heavy atom. The van der Waals surface area contributed by atoms with Gasteiger partial charge in [-0.3, -0.25) is 19.5 Å². The van der Waals surface area contributed by atoms with Gasteiger partial charge in [-0.1, -0.05) is 74.7 Å². The number of rotatable bonds is 8. The summed E-state index contributed by atoms with van der Waals surface area (Å²) in [4.78, 5) is 35.6. The minimum Gasteiger partial charge on any atom is -0.322 e. The number of aliphatic imine (C=N–C) groups is 1. The number of carbonyl (C=O) groups is 2. The summed E-state index contributed by atoms with van der Waals surface area (Å²) in [5.41, 5.74) is 3.51. The van der Waals surface area contributed by atoms with Crippen molar-refractivity contribution in [1.82, 2.24) is 30.0 Å². The van der Waals surface area contributed by atoms with Gasteiger partial charge in [0.1, 0.15) is 17.5 Å². The van der Waals surface area contributed by atoms with Crippen LogP contribution in [0, 0.1) is 0 Å². The van der Waals surface area contributed by atoms with Crippen molar-refractivity contribution in [2.45, 2.75) is 83.0 Å². The zero-order valence-electron chi connectivity index (χ0n) is 22.7. The van der Waals surface area contributed by atoms with Crippen LogP contribution in [0.25, 0.3) is 22.5 Å². The van der Waals surface area contributed by atoms with Crippen LogP contribution in [0.4, 0.5) is 0 Å². The third kappa shape index (κ3) is 4.64. The lowest BCUT2D eigenvalue weighted by Crippen LogP contribution is -2.40. The molecule has 6 rings (SSSR count). The normalized spacial score (nSPS) is 20.5. The number of tetrazole rings is 1. The molecule has 1 aromatic heterocycles. The highest BCUT2D eigenvalue weighted by atomic mass is 16.2. The van der Waals surface area contributed by atoms with E-state index in [-0.39, 0.29) is 18.0 Å². The molecule has 1 saturated heterocycles. The average molecular weight is 526 g/mol. The van der Waals surface area contributed by atoms with Crippen LogP contribution < -0.4 is 0 Å². The summed E-state index contributed by atoms with van der Waals surface area (Å²) in [7, 11) is 1.78. The molecule has 1 aliphatic carbocycles. The second-order valence-corrected chi connectivity index (χ2v) is 11.0. The quantitative estimate of drug-likeness (QED) is 0.412. The molecule has 202 valence electrons. The lowest BCUT2D eigenvalue weighted by molar-refractivity contribution is -0.131. The van der Waals surface area contributed by atoms with Crippen LogP contribution in [-0.4, -0.2) is 60.2 Å². The maximum absolute atomic E-state index is 13.5. The van der Waals surface area contributed by atoms with Crippen molar-refractivity contribution in [1.29, 1.82) is 0 Å². The second-order valence-electron chi connectivity index (χ2n) is 11.0. The summed E-state index contributed by atoms with van der Waals surface area (Å²) in [6.45, 7) is 2.72. The van der Waals surface area contributed by atoms with Gasteiger partial charge >= 0.3 is 0 Å². The SMILES string of the molecule is CCCCC1=NC2(CCCC2)C(=O)N1Cc1ccc(-c2ccccc2-c2nnn(C3CCC(=O)N3C)n2)cc1. The fourth-order valence-corrected chi connectivity index (χ4v) is 6.12. The first kappa shape index (κ1) is 25.4. The minimum atomic E-state index is -0.507. The van der Waals surface area contributed by atoms with Crippen molar-refractivity contribution in [2.24, 2.45) is 4.99 Å². The number of amidine groups is 1. The largest absolute Gasteiger partial charge is 0.322 e. The number of amides is 2. The zero-order valence-corrected chi connectivity index (χ0v) is 22.7. The molecule has 9 heteroatoms. The maximum Gasteiger partial charge on any atom is 0.256 e. The predicted octanol–water partition coefficient (Wildman–Crippen LogP) is 5.00. The molecule has 9 nitrogen and oxygen atoms in total. The third-order valence-electron chi connectivity index (χ3n) is 8.41. The van der Waals surface area contributed by atoms with Crippen molar-refractivity contribution in [3.8, 4) is 22.5 Å². The van der Waals surface area contributed by atoms with Crippen molar-refractivity contribution >= 4 is 17.6 Å². The first-order valence-corrected chi connectivity index (χ1v) is 14.1. The van der Waals surface area contributed by atoms with E-state index >= 15 is 0 Å². The minimum absolute atomic E-state index is 0.0946. The lowest BCUT2D eigenvalue weighted by Gasteiger charge is -2.23. The van der Waals surface area contributed by atoms with Gasteiger partial charge in [0.15, 0.2) is 0 Å². The lowest BCUT2D eigenvalue weighted by atomic mass is 9.97. The number of benzene rings is 2. The first-order valence-electron chi connectivity index (χ1n) is 14.1. The zero-order chi connectivity index (χ0) is 27.0. The van der Waals surface area contributed by atoms with E-state index in [2.05, 4.69) is 52.7 Å². The Labute approximate surface area is 228 Å². The van der Waals surface area contributed by atoms with E-state index in [1.165, 1.54) is 0 Å². The molecule has 0 bridgehead atoms. The van der Waals surface area contributed by atoms with E-state index in [1.54, 1.807) is 16.7 Å². The molecular formula is C30H35N7O2. The number of nitrogens with zero attached hydrogens (tertiary/aromatic N) is 7. The molecule has 2 fully saturated rings. The number of unbranched alkanes of at least 4 members (excludes halogenated alkanes) is 1. The van der Waals surface area contributed by atoms with Crippen LogP contribution in [0.15, 0.2) is 53.5 Å². The summed E-state index contributed by atoms with van der Waals surface area (Å²) in [5, 5.41) is 13.2. The smallest absolute Gasteiger partial charge is 0.256 e. The summed E-state index contributed by atoms with van der Waals surface area (Å²) < 4.78 is 0. The van der Waals surface area contributed by atoms with Gasteiger partial charge in [-0.05, 0) is 47.6 Å². The highest BCUT2D eigenvalue weighted by molar-refractivity contribution is 6.08. The van der Waals surface area contributed by atoms with Gasteiger partial charge in [0.2, 0.25) is 11.7 Å². The molecule has 3 heterocycles. The average Bonchev–Trinajstić information content (AvgIpc) is 3.75. The van der Waals surface area contributed by atoms with Gasteiger partial charge < -0.3 is 4.90 Å². The van der Waals surface area contributed by atoms with Gasteiger partial charge in [0, 0.05) is 25.5 Å². The van der Waals surface area contributed by atoms with Gasteiger partial charge in [0.25, 0.3) is 5.91 Å². The standard InChI is InChI=1S/C30H35N7O2/c1-3-4-11-25-31-30(18-7-8-19-30)29(39)36(25)20-21-12-14-22(15-13-21)23-9-5-6-10-24(23)28-32-34-37(33-28)26-16-17-27(38)35(26)2/h5-6,9-10,12-15,26H,3-4,7-8,11,16-20H2,1-2H3. The molecule has 1 atom stereocenters. The van der Waals surface area contributed by atoms with Crippen LogP contribution in [-0.2, 0) is 16.1 Å². The van der Waals surface area contributed by atoms with Gasteiger partial charge in [-0.25, -0.2) is 0 Å². The fraction of sp³-hybridized carbons (Fsp3) is 0.467. The Morgan fingerprint density at radius 2 is 1.74 bits per heavy atom. The number of carbonyl (C=O) groups excluding carboxylic acids is 2. The van der Waals surface area contributed by atoms with Crippen molar-refractivity contribution in [3.05, 3.63) is 54.1 Å². The van der Waals surface area contributed by atoms with Crippen LogP contribution in [0.1, 0.15) is 76.4 Å². The summed E-state index contributed by atoms with van der Waals surface area (Å²) in [6, 6.07) is 16.4. The second kappa shape index (κ2) is 10.4. The fourth-order valence-electron chi connectivity index (χ4n) is 6.12. The highest BCUT2D eigenvalue weighted by Crippen LogP contribution is 2.40. The maximum atomic E-state index is 13.5. The molecule has 1 spiro atoms. The van der Waals surface area contributed by atoms with E-state index < -0.39 is 5.54 Å². The van der Waals surface area contributed by atoms with E-state index in [9.17, 15) is 9.59 Å². The molecule has 3 aromatic rings. The van der Waals surface area contributed by atoms with E-state index in [0.717, 1.165) is 73.0 Å². The van der Waals surface area contributed by atoms with E-state index in [0.29, 0.717) is 25.2 Å². The van der Waals surface area contributed by atoms with E-state index in [1.807, 2.05) is 23.1 Å². The number of hydrogen-bond donors (Lipinski definition) is 0. The van der Waals surface area contributed by atoms with Crippen molar-refractivity contribution < 1.29 is 9.59 Å². The summed E-state index contributed by atoms with van der Waals surface area (Å²) in [6.07, 6.45) is 7.87. The van der Waals surface area contributed by atoms with Crippen LogP contribution in [0.2, 0.25) is 0 Å². The Morgan fingerprint density at radius 3 is 2.44 bits per heavy atom. The van der Waals surface area contributed by atoms with Crippen molar-refractivity contribution in [2.75, 3.05) is 7.05 Å². The van der Waals surface area contributed by atoms with Crippen LogP contribution >= 0.6 is 0 Å². The number of hydrogen-bond acceptors (Lipinski definition) is 6. The molecule has 1 unspecified atom stereocenters. The highest BCUT2D eigenvalue weighted by Gasteiger charge is 2.49. The molecule has 2 amide bonds.